The lowest BCUT2D eigenvalue weighted by molar-refractivity contribution is -0.384. The zero-order chi connectivity index (χ0) is 18.3. The number of anilines is 1. The lowest BCUT2D eigenvalue weighted by atomic mass is 10.2. The molecule has 26 heavy (non-hydrogen) atoms. The summed E-state index contributed by atoms with van der Waals surface area (Å²) in [6.07, 6.45) is 0. The van der Waals surface area contributed by atoms with E-state index in [9.17, 15) is 14.9 Å². The van der Waals surface area contributed by atoms with E-state index in [1.807, 2.05) is 6.92 Å². The minimum absolute atomic E-state index is 0.0256. The summed E-state index contributed by atoms with van der Waals surface area (Å²) < 4.78 is 6.17. The average Bonchev–Trinajstić information content (AvgIpc) is 3.32. The van der Waals surface area contributed by atoms with Gasteiger partial charge in [0.25, 0.3) is 17.5 Å². The number of rotatable bonds is 4. The minimum atomic E-state index is -0.475. The Labute approximate surface area is 153 Å². The molecule has 0 saturated heterocycles. The van der Waals surface area contributed by atoms with Crippen molar-refractivity contribution >= 4 is 50.4 Å². The van der Waals surface area contributed by atoms with Crippen molar-refractivity contribution in [2.75, 3.05) is 5.32 Å². The van der Waals surface area contributed by atoms with Gasteiger partial charge in [-0.05, 0) is 19.1 Å². The molecule has 0 saturated carbocycles. The van der Waals surface area contributed by atoms with Crippen LogP contribution in [-0.2, 0) is 0 Å². The van der Waals surface area contributed by atoms with Crippen molar-refractivity contribution in [2.24, 2.45) is 0 Å². The number of carbonyl (C=O) groups is 1. The maximum atomic E-state index is 12.4. The fraction of sp³-hybridized carbons (Fsp3) is 0.0667. The van der Waals surface area contributed by atoms with Crippen molar-refractivity contribution in [1.82, 2.24) is 15.2 Å². The highest BCUT2D eigenvalue weighted by Gasteiger charge is 2.17. The molecule has 4 rings (SSSR count). The molecular weight excluding hydrogens is 378 g/mol. The molecule has 0 atom stereocenters. The zero-order valence-corrected chi connectivity index (χ0v) is 14.8. The predicted octanol–water partition coefficient (Wildman–Crippen LogP) is 3.88. The molecule has 0 aliphatic carbocycles. The van der Waals surface area contributed by atoms with Crippen LogP contribution in [0.3, 0.4) is 0 Å². The molecule has 4 aromatic rings. The van der Waals surface area contributed by atoms with Crippen molar-refractivity contribution in [3.63, 3.8) is 0 Å². The molecule has 0 unspecified atom stereocenters. The van der Waals surface area contributed by atoms with Crippen LogP contribution in [0.15, 0.2) is 34.1 Å². The first kappa shape index (κ1) is 16.3. The summed E-state index contributed by atoms with van der Waals surface area (Å²) in [6, 6.07) is 5.99. The maximum absolute atomic E-state index is 12.4. The van der Waals surface area contributed by atoms with E-state index >= 15 is 0 Å². The summed E-state index contributed by atoms with van der Waals surface area (Å²) in [4.78, 5) is 27.4. The third-order valence-electron chi connectivity index (χ3n) is 3.42. The number of nitro groups is 1. The Morgan fingerprint density at radius 1 is 1.31 bits per heavy atom. The van der Waals surface area contributed by atoms with Crippen molar-refractivity contribution in [3.8, 4) is 11.6 Å². The number of hydrogen-bond donors (Lipinski definition) is 1. The molecule has 11 heteroatoms. The van der Waals surface area contributed by atoms with Gasteiger partial charge in [0.2, 0.25) is 0 Å². The molecule has 3 heterocycles. The highest BCUT2D eigenvalue weighted by molar-refractivity contribution is 7.20. The second kappa shape index (κ2) is 6.28. The van der Waals surface area contributed by atoms with Crippen molar-refractivity contribution in [3.05, 3.63) is 49.6 Å². The number of nitrogens with zero attached hydrogens (tertiary/aromatic N) is 4. The molecule has 9 nitrogen and oxygen atoms in total. The summed E-state index contributed by atoms with van der Waals surface area (Å²) in [5.41, 5.74) is 0.525. The Bertz CT molecular complexity index is 1150. The fourth-order valence-electron chi connectivity index (χ4n) is 2.25. The van der Waals surface area contributed by atoms with Crippen LogP contribution in [0.2, 0.25) is 0 Å². The molecule has 0 radical (unpaired) electrons. The summed E-state index contributed by atoms with van der Waals surface area (Å²) >= 11 is 2.67. The van der Waals surface area contributed by atoms with Gasteiger partial charge >= 0.3 is 6.01 Å². The summed E-state index contributed by atoms with van der Waals surface area (Å²) in [5.74, 6) is -0.213. The third-order valence-corrected chi connectivity index (χ3v) is 5.31. The minimum Gasteiger partial charge on any atom is -0.401 e. The van der Waals surface area contributed by atoms with E-state index in [0.717, 1.165) is 9.71 Å². The first-order chi connectivity index (χ1) is 12.5. The Kier molecular flexibility index (Phi) is 3.93. The highest BCUT2D eigenvalue weighted by Crippen LogP contribution is 2.29. The molecule has 3 aromatic heterocycles. The van der Waals surface area contributed by atoms with E-state index in [2.05, 4.69) is 20.5 Å². The van der Waals surface area contributed by atoms with Gasteiger partial charge in [-0.3, -0.25) is 20.2 Å². The fourth-order valence-corrected chi connectivity index (χ4v) is 3.78. The van der Waals surface area contributed by atoms with Crippen LogP contribution in [0.5, 0.6) is 0 Å². The van der Waals surface area contributed by atoms with Gasteiger partial charge < -0.3 is 4.42 Å². The summed E-state index contributed by atoms with van der Waals surface area (Å²) in [5, 5.41) is 24.3. The summed E-state index contributed by atoms with van der Waals surface area (Å²) in [7, 11) is 0. The van der Waals surface area contributed by atoms with Crippen molar-refractivity contribution in [2.45, 2.75) is 6.92 Å². The third kappa shape index (κ3) is 3.05. The van der Waals surface area contributed by atoms with Gasteiger partial charge in [0.15, 0.2) is 0 Å². The standard InChI is InChI=1S/C15H9N5O4S2/c1-7-16-10(6-25-7)14-18-19-15(24-14)17-13(21)12-5-8-4-9(20(22)23)2-3-11(8)26-12/h2-6H,1H3,(H,17,19,21). The van der Waals surface area contributed by atoms with E-state index in [0.29, 0.717) is 16.0 Å². The number of aryl methyl sites for hydroxylation is 1. The van der Waals surface area contributed by atoms with Gasteiger partial charge in [0, 0.05) is 27.6 Å². The number of amides is 1. The average molecular weight is 387 g/mol. The van der Waals surface area contributed by atoms with E-state index in [4.69, 9.17) is 4.42 Å². The predicted molar refractivity (Wildman–Crippen MR) is 96.6 cm³/mol. The molecular formula is C15H9N5O4S2. The number of nitro benzene ring substituents is 1. The van der Waals surface area contributed by atoms with E-state index < -0.39 is 10.8 Å². The quantitative estimate of drug-likeness (QED) is 0.416. The van der Waals surface area contributed by atoms with E-state index in [1.165, 1.54) is 34.8 Å². The second-order valence-electron chi connectivity index (χ2n) is 5.21. The van der Waals surface area contributed by atoms with Crippen molar-refractivity contribution in [1.29, 1.82) is 0 Å². The van der Waals surface area contributed by atoms with Crippen LogP contribution in [0.1, 0.15) is 14.7 Å². The lowest BCUT2D eigenvalue weighted by Gasteiger charge is -1.95. The molecule has 1 N–H and O–H groups in total. The van der Waals surface area contributed by atoms with Crippen LogP contribution in [-0.4, -0.2) is 26.0 Å². The number of thiophene rings is 1. The largest absolute Gasteiger partial charge is 0.401 e. The van der Waals surface area contributed by atoms with Gasteiger partial charge in [-0.25, -0.2) is 4.98 Å². The van der Waals surface area contributed by atoms with Crippen LogP contribution in [0.25, 0.3) is 21.7 Å². The molecule has 1 amide bonds. The van der Waals surface area contributed by atoms with Gasteiger partial charge in [-0.1, -0.05) is 5.10 Å². The number of thiazole rings is 1. The maximum Gasteiger partial charge on any atom is 0.322 e. The molecule has 130 valence electrons. The van der Waals surface area contributed by atoms with Gasteiger partial charge in [-0.2, -0.15) is 0 Å². The van der Waals surface area contributed by atoms with Crippen LogP contribution >= 0.6 is 22.7 Å². The molecule has 1 aromatic carbocycles. The van der Waals surface area contributed by atoms with E-state index in [-0.39, 0.29) is 17.6 Å². The number of benzene rings is 1. The SMILES string of the molecule is Cc1nc(-c2nnc(NC(=O)c3cc4cc([N+](=O)[O-])ccc4s3)o2)cs1. The molecule has 0 aliphatic heterocycles. The topological polar surface area (TPSA) is 124 Å². The van der Waals surface area contributed by atoms with Crippen LogP contribution in [0, 0.1) is 17.0 Å². The summed E-state index contributed by atoms with van der Waals surface area (Å²) in [6.45, 7) is 1.86. The number of carbonyl (C=O) groups excluding carboxylic acids is 1. The Balaban J connectivity index is 1.55. The first-order valence-corrected chi connectivity index (χ1v) is 8.94. The first-order valence-electron chi connectivity index (χ1n) is 7.25. The molecule has 0 aliphatic rings. The Hall–Kier alpha value is -3.18. The second-order valence-corrected chi connectivity index (χ2v) is 7.35. The van der Waals surface area contributed by atoms with Crippen LogP contribution < -0.4 is 5.32 Å². The van der Waals surface area contributed by atoms with Crippen molar-refractivity contribution < 1.29 is 14.1 Å². The van der Waals surface area contributed by atoms with Gasteiger partial charge in [-0.15, -0.1) is 27.8 Å². The number of fused-ring (bicyclic) bond motifs is 1. The Morgan fingerprint density at radius 3 is 2.88 bits per heavy atom. The molecule has 0 fully saturated rings. The number of hydrogen-bond acceptors (Lipinski definition) is 9. The molecule has 0 bridgehead atoms. The zero-order valence-electron chi connectivity index (χ0n) is 13.1. The Morgan fingerprint density at radius 2 is 2.15 bits per heavy atom. The number of nitrogens with one attached hydrogen (secondary N) is 1. The lowest BCUT2D eigenvalue weighted by Crippen LogP contribution is -2.10. The number of aromatic nitrogens is 3. The van der Waals surface area contributed by atoms with E-state index in [1.54, 1.807) is 17.5 Å². The normalized spacial score (nSPS) is 11.0. The molecule has 0 spiro atoms. The highest BCUT2D eigenvalue weighted by atomic mass is 32.1. The van der Waals surface area contributed by atoms with Crippen LogP contribution in [0.4, 0.5) is 11.7 Å². The van der Waals surface area contributed by atoms with Gasteiger partial charge in [0.1, 0.15) is 5.69 Å². The van der Waals surface area contributed by atoms with Gasteiger partial charge in [0.05, 0.1) is 14.8 Å². The smallest absolute Gasteiger partial charge is 0.322 e. The number of non-ortho nitro benzene ring substituents is 1. The monoisotopic (exact) mass is 387 g/mol.